The topological polar surface area (TPSA) is 111 Å². The number of nitrogens with zero attached hydrogens (tertiary/aromatic N) is 1. The minimum atomic E-state index is -1.05. The Hall–Kier alpha value is -2.84. The number of hydrogen-bond acceptors (Lipinski definition) is 7. The van der Waals surface area contributed by atoms with Gasteiger partial charge in [-0.1, -0.05) is 25.3 Å². The predicted octanol–water partition coefficient (Wildman–Crippen LogP) is 1.60. The van der Waals surface area contributed by atoms with E-state index in [2.05, 4.69) is 18.6 Å². The lowest BCUT2D eigenvalue weighted by Gasteiger charge is -2.30. The molecule has 1 N–H and O–H groups in total. The zero-order chi connectivity index (χ0) is 21.6. The minimum Gasteiger partial charge on any atom is -0.464 e. The first-order chi connectivity index (χ1) is 13.9. The maximum absolute atomic E-state index is 13.2. The van der Waals surface area contributed by atoms with Crippen LogP contribution in [-0.4, -0.2) is 54.8 Å². The van der Waals surface area contributed by atoms with Crippen molar-refractivity contribution in [2.75, 3.05) is 19.8 Å². The summed E-state index contributed by atoms with van der Waals surface area (Å²) in [5.41, 5.74) is 2.33. The quantitative estimate of drug-likeness (QED) is 0.267. The molecule has 0 aromatic carbocycles. The highest BCUT2D eigenvalue weighted by molar-refractivity contribution is 5.89. The third kappa shape index (κ3) is 5.16. The summed E-state index contributed by atoms with van der Waals surface area (Å²) in [4.78, 5) is 49.5. The Balaban J connectivity index is 2.11. The molecule has 1 unspecified atom stereocenters. The van der Waals surface area contributed by atoms with Gasteiger partial charge in [-0.2, -0.15) is 0 Å². The summed E-state index contributed by atoms with van der Waals surface area (Å²) in [5.74, 6) is -2.38. The number of nitrogens with one attached hydrogen (secondary N) is 1. The van der Waals surface area contributed by atoms with E-state index < -0.39 is 29.9 Å². The van der Waals surface area contributed by atoms with E-state index in [1.54, 1.807) is 6.92 Å². The van der Waals surface area contributed by atoms with Crippen LogP contribution >= 0.6 is 0 Å². The molecule has 0 spiro atoms. The molecule has 29 heavy (non-hydrogen) atoms. The molecule has 2 aliphatic carbocycles. The van der Waals surface area contributed by atoms with Crippen molar-refractivity contribution in [2.45, 2.75) is 32.7 Å². The van der Waals surface area contributed by atoms with Crippen molar-refractivity contribution >= 4 is 23.9 Å². The molecule has 0 bridgehead atoms. The summed E-state index contributed by atoms with van der Waals surface area (Å²) >= 11 is 0. The monoisotopic (exact) mass is 408 g/mol. The Bertz CT molecular complexity index is 678. The van der Waals surface area contributed by atoms with E-state index in [-0.39, 0.29) is 43.5 Å². The van der Waals surface area contributed by atoms with Crippen LogP contribution in [0.15, 0.2) is 25.3 Å². The average molecular weight is 408 g/mol. The number of carbonyl (C=O) groups excluding carboxylic acids is 4. The Labute approximate surface area is 170 Å². The van der Waals surface area contributed by atoms with Gasteiger partial charge < -0.3 is 14.2 Å². The molecule has 160 valence electrons. The van der Waals surface area contributed by atoms with Gasteiger partial charge in [0, 0.05) is 5.92 Å². The number of hydrogen-bond donors (Lipinski definition) is 1. The van der Waals surface area contributed by atoms with E-state index in [1.165, 1.54) is 19.1 Å². The first-order valence-electron chi connectivity index (χ1n) is 9.68. The summed E-state index contributed by atoms with van der Waals surface area (Å²) in [6.45, 7) is 10.3. The number of rotatable bonds is 9. The summed E-state index contributed by atoms with van der Waals surface area (Å²) in [6.07, 6.45) is 3.25. The third-order valence-corrected chi connectivity index (χ3v) is 5.23. The molecule has 2 saturated carbocycles. The van der Waals surface area contributed by atoms with Crippen LogP contribution in [-0.2, 0) is 28.6 Å². The van der Waals surface area contributed by atoms with E-state index in [0.29, 0.717) is 12.8 Å². The fourth-order valence-electron chi connectivity index (χ4n) is 3.90. The van der Waals surface area contributed by atoms with Crippen molar-refractivity contribution in [3.8, 4) is 0 Å². The summed E-state index contributed by atoms with van der Waals surface area (Å²) in [6, 6.07) is -1.05. The first kappa shape index (κ1) is 22.4. The molecular weight excluding hydrogens is 380 g/mol. The molecule has 0 aromatic rings. The molecule has 9 nitrogen and oxygen atoms in total. The third-order valence-electron chi connectivity index (χ3n) is 5.23. The highest BCUT2D eigenvalue weighted by Crippen LogP contribution is 2.61. The van der Waals surface area contributed by atoms with E-state index in [9.17, 15) is 19.2 Å². The Kier molecular flexibility index (Phi) is 7.81. The molecule has 2 fully saturated rings. The van der Waals surface area contributed by atoms with Gasteiger partial charge in [-0.15, -0.1) is 0 Å². The van der Waals surface area contributed by atoms with Crippen LogP contribution in [0, 0.1) is 23.7 Å². The normalized spacial score (nSPS) is 25.0. The SMILES string of the molecule is C=CCOC(=O)NN(C(=O)[C@H]1CC[C@H]2[C@H](C(=O)OCC=C)[C@@H]21)C(C)C(=O)OCC. The van der Waals surface area contributed by atoms with Crippen molar-refractivity contribution in [3.05, 3.63) is 25.3 Å². The lowest BCUT2D eigenvalue weighted by molar-refractivity contribution is -0.158. The van der Waals surface area contributed by atoms with E-state index in [4.69, 9.17) is 14.2 Å². The fraction of sp³-hybridized carbons (Fsp3) is 0.600. The van der Waals surface area contributed by atoms with Crippen LogP contribution in [0.2, 0.25) is 0 Å². The summed E-state index contributed by atoms with van der Waals surface area (Å²) in [7, 11) is 0. The van der Waals surface area contributed by atoms with Gasteiger partial charge in [-0.3, -0.25) is 9.59 Å². The fourth-order valence-corrected chi connectivity index (χ4v) is 3.90. The molecule has 9 heteroatoms. The minimum absolute atomic E-state index is 0.0486. The Morgan fingerprint density at radius 2 is 1.76 bits per heavy atom. The maximum atomic E-state index is 13.2. The number of esters is 2. The van der Waals surface area contributed by atoms with Crippen LogP contribution in [0.4, 0.5) is 4.79 Å². The average Bonchev–Trinajstić information content (AvgIpc) is 3.26. The molecule has 0 heterocycles. The summed E-state index contributed by atoms with van der Waals surface area (Å²) < 4.78 is 15.0. The maximum Gasteiger partial charge on any atom is 0.426 e. The molecule has 2 rings (SSSR count). The van der Waals surface area contributed by atoms with Crippen molar-refractivity contribution in [1.82, 2.24) is 10.4 Å². The van der Waals surface area contributed by atoms with Crippen molar-refractivity contribution in [2.24, 2.45) is 23.7 Å². The molecule has 5 atom stereocenters. The zero-order valence-corrected chi connectivity index (χ0v) is 16.8. The van der Waals surface area contributed by atoms with Gasteiger partial charge in [0.2, 0.25) is 5.91 Å². The highest BCUT2D eigenvalue weighted by Gasteiger charge is 2.64. The van der Waals surface area contributed by atoms with Crippen LogP contribution < -0.4 is 5.43 Å². The number of ether oxygens (including phenoxy) is 3. The molecule has 0 aliphatic heterocycles. The second-order valence-electron chi connectivity index (χ2n) is 7.00. The van der Waals surface area contributed by atoms with Gasteiger partial charge >= 0.3 is 18.0 Å². The zero-order valence-electron chi connectivity index (χ0n) is 16.8. The van der Waals surface area contributed by atoms with Gasteiger partial charge in [0.1, 0.15) is 19.3 Å². The largest absolute Gasteiger partial charge is 0.464 e. The van der Waals surface area contributed by atoms with Gasteiger partial charge in [-0.05, 0) is 38.5 Å². The van der Waals surface area contributed by atoms with E-state index >= 15 is 0 Å². The number of fused-ring (bicyclic) bond motifs is 1. The van der Waals surface area contributed by atoms with Gasteiger partial charge in [-0.25, -0.2) is 20.0 Å². The number of amides is 2. The standard InChI is InChI=1S/C20H28N2O7/c1-5-10-28-19(25)16-13-8-9-14(15(13)16)17(23)22(12(4)18(24)27-7-3)21-20(26)29-11-6-2/h5-6,12-16H,1-2,7-11H2,3-4H3,(H,21,26)/t12?,13-,14+,15+,16+/m1/s1. The Morgan fingerprint density at radius 1 is 1.10 bits per heavy atom. The second kappa shape index (κ2) is 10.1. The molecule has 0 radical (unpaired) electrons. The highest BCUT2D eigenvalue weighted by atomic mass is 16.6. The van der Waals surface area contributed by atoms with Crippen molar-refractivity contribution in [3.63, 3.8) is 0 Å². The molecule has 0 saturated heterocycles. The van der Waals surface area contributed by atoms with Crippen molar-refractivity contribution < 1.29 is 33.4 Å². The van der Waals surface area contributed by atoms with Crippen LogP contribution in [0.5, 0.6) is 0 Å². The van der Waals surface area contributed by atoms with E-state index in [1.807, 2.05) is 0 Å². The van der Waals surface area contributed by atoms with E-state index in [0.717, 1.165) is 5.01 Å². The lowest BCUT2D eigenvalue weighted by Crippen LogP contribution is -2.56. The smallest absolute Gasteiger partial charge is 0.426 e. The molecule has 2 amide bonds. The Morgan fingerprint density at radius 3 is 2.38 bits per heavy atom. The van der Waals surface area contributed by atoms with Crippen molar-refractivity contribution in [1.29, 1.82) is 0 Å². The van der Waals surface area contributed by atoms with Crippen LogP contribution in [0.1, 0.15) is 26.7 Å². The molecular formula is C20H28N2O7. The van der Waals surface area contributed by atoms with Gasteiger partial charge in [0.15, 0.2) is 0 Å². The number of hydrazine groups is 1. The number of carbonyl (C=O) groups is 4. The lowest BCUT2D eigenvalue weighted by atomic mass is 9.98. The summed E-state index contributed by atoms with van der Waals surface area (Å²) in [5, 5.41) is 0.945. The van der Waals surface area contributed by atoms with Gasteiger partial charge in [0.05, 0.1) is 12.5 Å². The molecule has 2 aliphatic rings. The van der Waals surface area contributed by atoms with Crippen LogP contribution in [0.25, 0.3) is 0 Å². The molecule has 0 aromatic heterocycles. The van der Waals surface area contributed by atoms with Gasteiger partial charge in [0.25, 0.3) is 0 Å². The predicted molar refractivity (Wildman–Crippen MR) is 102 cm³/mol. The first-order valence-corrected chi connectivity index (χ1v) is 9.68. The van der Waals surface area contributed by atoms with Crippen LogP contribution in [0.3, 0.4) is 0 Å². The second-order valence-corrected chi connectivity index (χ2v) is 7.00.